The van der Waals surface area contributed by atoms with E-state index in [9.17, 15) is 9.59 Å². The molecule has 0 heterocycles. The monoisotopic (exact) mass is 300 g/mol. The fourth-order valence-electron chi connectivity index (χ4n) is 1.97. The highest BCUT2D eigenvalue weighted by molar-refractivity contribution is 5.79. The van der Waals surface area contributed by atoms with Gasteiger partial charge in [0.2, 0.25) is 0 Å². The van der Waals surface area contributed by atoms with Crippen molar-refractivity contribution in [2.45, 2.75) is 78.6 Å². The molecule has 0 rings (SSSR count). The third kappa shape index (κ3) is 11.3. The van der Waals surface area contributed by atoms with Crippen molar-refractivity contribution in [3.8, 4) is 0 Å². The van der Waals surface area contributed by atoms with Crippen LogP contribution in [0.25, 0.3) is 0 Å². The molecule has 21 heavy (non-hydrogen) atoms. The van der Waals surface area contributed by atoms with E-state index in [1.165, 1.54) is 0 Å². The summed E-state index contributed by atoms with van der Waals surface area (Å²) in [5, 5.41) is 0. The highest BCUT2D eigenvalue weighted by Crippen LogP contribution is 2.17. The molecule has 0 aromatic heterocycles. The van der Waals surface area contributed by atoms with E-state index in [4.69, 9.17) is 9.47 Å². The zero-order valence-corrected chi connectivity index (χ0v) is 14.0. The Morgan fingerprint density at radius 2 is 1.38 bits per heavy atom. The maximum Gasteiger partial charge on any atom is 0.309 e. The zero-order chi connectivity index (χ0) is 15.9. The fourth-order valence-corrected chi connectivity index (χ4v) is 1.97. The molecular weight excluding hydrogens is 268 g/mol. The minimum absolute atomic E-state index is 0.151. The molecule has 0 saturated heterocycles. The summed E-state index contributed by atoms with van der Waals surface area (Å²) in [5.41, 5.74) is 0. The van der Waals surface area contributed by atoms with Gasteiger partial charge in [-0.2, -0.15) is 0 Å². The van der Waals surface area contributed by atoms with E-state index < -0.39 is 0 Å². The van der Waals surface area contributed by atoms with Crippen LogP contribution in [-0.4, -0.2) is 25.2 Å². The predicted octanol–water partition coefficient (Wildman–Crippen LogP) is 4.26. The smallest absolute Gasteiger partial charge is 0.309 e. The first-order chi connectivity index (χ1) is 10.2. The molecule has 0 aromatic carbocycles. The summed E-state index contributed by atoms with van der Waals surface area (Å²) in [6.45, 7) is 7.12. The Morgan fingerprint density at radius 3 is 1.95 bits per heavy atom. The Kier molecular flexibility index (Phi) is 13.2. The number of rotatable bonds is 13. The Labute approximate surface area is 129 Å². The van der Waals surface area contributed by atoms with Gasteiger partial charge in [-0.3, -0.25) is 9.59 Å². The zero-order valence-electron chi connectivity index (χ0n) is 14.0. The van der Waals surface area contributed by atoms with Crippen molar-refractivity contribution >= 4 is 11.9 Å². The first kappa shape index (κ1) is 19.9. The average Bonchev–Trinajstić information content (AvgIpc) is 2.47. The quantitative estimate of drug-likeness (QED) is 0.377. The van der Waals surface area contributed by atoms with Gasteiger partial charge in [0, 0.05) is 0 Å². The van der Waals surface area contributed by atoms with Crippen LogP contribution in [0, 0.1) is 5.92 Å². The van der Waals surface area contributed by atoms with E-state index >= 15 is 0 Å². The van der Waals surface area contributed by atoms with E-state index in [1.54, 1.807) is 0 Å². The van der Waals surface area contributed by atoms with Crippen molar-refractivity contribution < 1.29 is 19.1 Å². The van der Waals surface area contributed by atoms with Crippen molar-refractivity contribution in [1.82, 2.24) is 0 Å². The standard InChI is InChI=1S/C17H32O4/c1-4-7-10-11-15(17(19)21-13-9-6-3)14-16(18)20-12-8-5-2/h15H,4-14H2,1-3H3. The van der Waals surface area contributed by atoms with Crippen molar-refractivity contribution in [3.63, 3.8) is 0 Å². The Morgan fingerprint density at radius 1 is 0.810 bits per heavy atom. The molecule has 4 nitrogen and oxygen atoms in total. The van der Waals surface area contributed by atoms with Gasteiger partial charge in [0.15, 0.2) is 0 Å². The number of unbranched alkanes of at least 4 members (excludes halogenated alkanes) is 4. The molecule has 0 N–H and O–H groups in total. The third-order valence-corrected chi connectivity index (χ3v) is 3.41. The van der Waals surface area contributed by atoms with Crippen molar-refractivity contribution in [2.24, 2.45) is 5.92 Å². The number of carbonyl (C=O) groups excluding carboxylic acids is 2. The van der Waals surface area contributed by atoms with Crippen LogP contribution in [-0.2, 0) is 19.1 Å². The lowest BCUT2D eigenvalue weighted by molar-refractivity contribution is -0.155. The van der Waals surface area contributed by atoms with Crippen LogP contribution >= 0.6 is 0 Å². The van der Waals surface area contributed by atoms with Crippen molar-refractivity contribution in [1.29, 1.82) is 0 Å². The topological polar surface area (TPSA) is 52.6 Å². The highest BCUT2D eigenvalue weighted by Gasteiger charge is 2.23. The van der Waals surface area contributed by atoms with Crippen molar-refractivity contribution in [3.05, 3.63) is 0 Å². The summed E-state index contributed by atoms with van der Waals surface area (Å²) < 4.78 is 10.4. The molecule has 0 radical (unpaired) electrons. The minimum atomic E-state index is -0.345. The summed E-state index contributed by atoms with van der Waals surface area (Å²) in [4.78, 5) is 23.8. The summed E-state index contributed by atoms with van der Waals surface area (Å²) in [7, 11) is 0. The highest BCUT2D eigenvalue weighted by atomic mass is 16.5. The predicted molar refractivity (Wildman–Crippen MR) is 84.0 cm³/mol. The largest absolute Gasteiger partial charge is 0.466 e. The molecule has 0 fully saturated rings. The van der Waals surface area contributed by atoms with E-state index in [0.717, 1.165) is 44.9 Å². The molecule has 0 aliphatic carbocycles. The minimum Gasteiger partial charge on any atom is -0.466 e. The lowest BCUT2D eigenvalue weighted by Crippen LogP contribution is -2.23. The first-order valence-electron chi connectivity index (χ1n) is 8.47. The molecule has 0 amide bonds. The Balaban J connectivity index is 4.22. The second-order valence-electron chi connectivity index (χ2n) is 5.49. The van der Waals surface area contributed by atoms with Gasteiger partial charge in [-0.1, -0.05) is 52.9 Å². The fraction of sp³-hybridized carbons (Fsp3) is 0.882. The van der Waals surface area contributed by atoms with Crippen LogP contribution in [0.1, 0.15) is 78.6 Å². The second-order valence-corrected chi connectivity index (χ2v) is 5.49. The molecule has 0 spiro atoms. The summed E-state index contributed by atoms with van der Waals surface area (Å²) in [5.74, 6) is -0.869. The number of hydrogen-bond acceptors (Lipinski definition) is 4. The molecular formula is C17H32O4. The lowest BCUT2D eigenvalue weighted by Gasteiger charge is -2.15. The van der Waals surface area contributed by atoms with Gasteiger partial charge in [0.25, 0.3) is 0 Å². The van der Waals surface area contributed by atoms with E-state index in [-0.39, 0.29) is 24.3 Å². The van der Waals surface area contributed by atoms with Crippen molar-refractivity contribution in [2.75, 3.05) is 13.2 Å². The number of ether oxygens (including phenoxy) is 2. The maximum atomic E-state index is 12.0. The molecule has 124 valence electrons. The summed E-state index contributed by atoms with van der Waals surface area (Å²) >= 11 is 0. The molecule has 0 bridgehead atoms. The normalized spacial score (nSPS) is 12.0. The van der Waals surface area contributed by atoms with Crippen LogP contribution < -0.4 is 0 Å². The molecule has 0 aliphatic heterocycles. The first-order valence-corrected chi connectivity index (χ1v) is 8.47. The van der Waals surface area contributed by atoms with Crippen LogP contribution in [0.2, 0.25) is 0 Å². The third-order valence-electron chi connectivity index (χ3n) is 3.41. The second kappa shape index (κ2) is 13.9. The molecule has 1 unspecified atom stereocenters. The molecule has 4 heteroatoms. The Hall–Kier alpha value is -1.06. The van der Waals surface area contributed by atoms with Gasteiger partial charge in [-0.05, 0) is 19.3 Å². The molecule has 1 atom stereocenters. The van der Waals surface area contributed by atoms with E-state index in [0.29, 0.717) is 19.6 Å². The molecule has 0 aromatic rings. The van der Waals surface area contributed by atoms with Crippen LogP contribution in [0.5, 0.6) is 0 Å². The van der Waals surface area contributed by atoms with Gasteiger partial charge in [0.1, 0.15) is 0 Å². The van der Waals surface area contributed by atoms with Crippen LogP contribution in [0.4, 0.5) is 0 Å². The maximum absolute atomic E-state index is 12.0. The summed E-state index contributed by atoms with van der Waals surface area (Å²) in [6, 6.07) is 0. The lowest BCUT2D eigenvalue weighted by atomic mass is 9.98. The van der Waals surface area contributed by atoms with Gasteiger partial charge >= 0.3 is 11.9 Å². The molecule has 0 saturated carbocycles. The van der Waals surface area contributed by atoms with Gasteiger partial charge in [-0.15, -0.1) is 0 Å². The van der Waals surface area contributed by atoms with Crippen LogP contribution in [0.15, 0.2) is 0 Å². The molecule has 0 aliphatic rings. The van der Waals surface area contributed by atoms with Gasteiger partial charge in [0.05, 0.1) is 25.6 Å². The summed E-state index contributed by atoms with van der Waals surface area (Å²) in [6.07, 6.45) is 7.70. The van der Waals surface area contributed by atoms with E-state index in [1.807, 2.05) is 6.92 Å². The van der Waals surface area contributed by atoms with E-state index in [2.05, 4.69) is 13.8 Å². The van der Waals surface area contributed by atoms with Gasteiger partial charge in [-0.25, -0.2) is 0 Å². The van der Waals surface area contributed by atoms with Crippen LogP contribution in [0.3, 0.4) is 0 Å². The SMILES string of the molecule is CCCCCC(CC(=O)OCCCC)C(=O)OCCCC. The Bertz CT molecular complexity index is 276. The van der Waals surface area contributed by atoms with Gasteiger partial charge < -0.3 is 9.47 Å². The number of hydrogen-bond donors (Lipinski definition) is 0. The average molecular weight is 300 g/mol. The number of esters is 2. The number of carbonyl (C=O) groups is 2.